The van der Waals surface area contributed by atoms with Gasteiger partial charge in [-0.05, 0) is 31.5 Å². The normalized spacial score (nSPS) is 30.8. The third-order valence-corrected chi connectivity index (χ3v) is 11.1. The van der Waals surface area contributed by atoms with Gasteiger partial charge in [0.25, 0.3) is 0 Å². The molecule has 2 heterocycles. The average molecular weight is 435 g/mol. The Morgan fingerprint density at radius 3 is 2.50 bits per heavy atom. The van der Waals surface area contributed by atoms with Crippen LogP contribution in [-0.2, 0) is 18.6 Å². The van der Waals surface area contributed by atoms with E-state index in [2.05, 4.69) is 39.9 Å². The number of aliphatic hydroxyl groups is 1. The van der Waals surface area contributed by atoms with Crippen molar-refractivity contribution in [2.75, 3.05) is 13.2 Å². The van der Waals surface area contributed by atoms with Gasteiger partial charge in [0.2, 0.25) is 0 Å². The van der Waals surface area contributed by atoms with Gasteiger partial charge in [-0.3, -0.25) is 0 Å². The van der Waals surface area contributed by atoms with Gasteiger partial charge in [-0.25, -0.2) is 0 Å². The summed E-state index contributed by atoms with van der Waals surface area (Å²) < 4.78 is 25.6. The van der Waals surface area contributed by atoms with E-state index in [1.165, 1.54) is 0 Å². The summed E-state index contributed by atoms with van der Waals surface area (Å²) >= 11 is 0. The van der Waals surface area contributed by atoms with Crippen molar-refractivity contribution in [3.63, 3.8) is 0 Å². The van der Waals surface area contributed by atoms with Crippen molar-refractivity contribution in [2.24, 2.45) is 0 Å². The maximum atomic E-state index is 9.37. The number of rotatable bonds is 6. The molecule has 2 aliphatic heterocycles. The Morgan fingerprint density at radius 1 is 1.17 bits per heavy atom. The summed E-state index contributed by atoms with van der Waals surface area (Å²) in [6, 6.07) is 10.1. The molecule has 2 fully saturated rings. The summed E-state index contributed by atoms with van der Waals surface area (Å²) in [4.78, 5) is 0. The van der Waals surface area contributed by atoms with Gasteiger partial charge in [0.15, 0.2) is 14.6 Å². The SMILES string of the molecule is C/C(=C\C[C@@H]1O[C@@H]2CO[C@@H](c3ccccc3)O[C@H]2C[C@H]1O[Si](C)(C)C(C)(C)C)CO. The van der Waals surface area contributed by atoms with Crippen LogP contribution in [0, 0.1) is 0 Å². The molecule has 0 amide bonds. The fourth-order valence-electron chi connectivity index (χ4n) is 3.66. The second-order valence-electron chi connectivity index (χ2n) is 10.1. The van der Waals surface area contributed by atoms with Crippen LogP contribution in [0.4, 0.5) is 0 Å². The molecule has 0 bridgehead atoms. The van der Waals surface area contributed by atoms with Gasteiger partial charge in [-0.1, -0.05) is 62.8 Å². The molecule has 30 heavy (non-hydrogen) atoms. The first-order chi connectivity index (χ1) is 14.1. The minimum atomic E-state index is -1.97. The minimum absolute atomic E-state index is 0.0376. The van der Waals surface area contributed by atoms with E-state index in [0.29, 0.717) is 6.61 Å². The Morgan fingerprint density at radius 2 is 1.87 bits per heavy atom. The molecule has 0 aromatic heterocycles. The predicted octanol–water partition coefficient (Wildman–Crippen LogP) is 4.98. The van der Waals surface area contributed by atoms with E-state index in [9.17, 15) is 5.11 Å². The maximum absolute atomic E-state index is 9.37. The number of hydrogen-bond acceptors (Lipinski definition) is 5. The van der Waals surface area contributed by atoms with Crippen molar-refractivity contribution >= 4 is 8.32 Å². The molecule has 0 spiro atoms. The first-order valence-electron chi connectivity index (χ1n) is 11.0. The lowest BCUT2D eigenvalue weighted by molar-refractivity contribution is -0.300. The zero-order valence-electron chi connectivity index (χ0n) is 19.3. The highest BCUT2D eigenvalue weighted by Crippen LogP contribution is 2.41. The summed E-state index contributed by atoms with van der Waals surface area (Å²) in [6.45, 7) is 13.8. The van der Waals surface area contributed by atoms with Crippen LogP contribution >= 0.6 is 0 Å². The lowest BCUT2D eigenvalue weighted by Gasteiger charge is -2.48. The van der Waals surface area contributed by atoms with Gasteiger partial charge in [0.1, 0.15) is 6.10 Å². The van der Waals surface area contributed by atoms with Crippen LogP contribution in [0.15, 0.2) is 42.0 Å². The van der Waals surface area contributed by atoms with E-state index < -0.39 is 8.32 Å². The molecule has 168 valence electrons. The lowest BCUT2D eigenvalue weighted by atomic mass is 9.95. The van der Waals surface area contributed by atoms with Crippen molar-refractivity contribution in [2.45, 2.75) is 89.4 Å². The molecule has 1 aromatic carbocycles. The van der Waals surface area contributed by atoms with Crippen molar-refractivity contribution in [3.05, 3.63) is 47.5 Å². The third-order valence-electron chi connectivity index (χ3n) is 6.63. The molecule has 2 aliphatic rings. The number of benzene rings is 1. The fourth-order valence-corrected chi connectivity index (χ4v) is 5.01. The second kappa shape index (κ2) is 9.63. The molecule has 0 aliphatic carbocycles. The summed E-state index contributed by atoms with van der Waals surface area (Å²) in [5.74, 6) is 0. The quantitative estimate of drug-likeness (QED) is 0.506. The molecule has 1 aromatic rings. The van der Waals surface area contributed by atoms with Crippen LogP contribution < -0.4 is 0 Å². The molecule has 2 saturated heterocycles. The van der Waals surface area contributed by atoms with Gasteiger partial charge in [-0.15, -0.1) is 0 Å². The number of aliphatic hydroxyl groups excluding tert-OH is 1. The first-order valence-corrected chi connectivity index (χ1v) is 13.9. The summed E-state index contributed by atoms with van der Waals surface area (Å²) in [6.07, 6.45) is 2.95. The summed E-state index contributed by atoms with van der Waals surface area (Å²) in [5.41, 5.74) is 1.98. The van der Waals surface area contributed by atoms with Crippen molar-refractivity contribution < 1.29 is 23.7 Å². The fraction of sp³-hybridized carbons (Fsp3) is 0.667. The number of hydrogen-bond donors (Lipinski definition) is 1. The van der Waals surface area contributed by atoms with Gasteiger partial charge in [-0.2, -0.15) is 0 Å². The van der Waals surface area contributed by atoms with E-state index in [4.69, 9.17) is 18.6 Å². The largest absolute Gasteiger partial charge is 0.411 e. The summed E-state index contributed by atoms with van der Waals surface area (Å²) in [5, 5.41) is 9.49. The molecule has 3 rings (SSSR count). The predicted molar refractivity (Wildman–Crippen MR) is 121 cm³/mol. The maximum Gasteiger partial charge on any atom is 0.192 e. The Balaban J connectivity index is 1.76. The average Bonchev–Trinajstić information content (AvgIpc) is 2.71. The smallest absolute Gasteiger partial charge is 0.192 e. The van der Waals surface area contributed by atoms with E-state index in [1.807, 2.05) is 37.3 Å². The highest BCUT2D eigenvalue weighted by atomic mass is 28.4. The Hall–Kier alpha value is -1.02. The van der Waals surface area contributed by atoms with Gasteiger partial charge in [0, 0.05) is 12.0 Å². The van der Waals surface area contributed by atoms with Crippen LogP contribution in [0.25, 0.3) is 0 Å². The number of fused-ring (bicyclic) bond motifs is 1. The topological polar surface area (TPSA) is 57.2 Å². The lowest BCUT2D eigenvalue weighted by Crippen LogP contribution is -2.57. The van der Waals surface area contributed by atoms with Crippen molar-refractivity contribution in [1.29, 1.82) is 0 Å². The minimum Gasteiger partial charge on any atom is -0.411 e. The Labute approximate surface area is 182 Å². The molecule has 1 N–H and O–H groups in total. The van der Waals surface area contributed by atoms with Gasteiger partial charge >= 0.3 is 0 Å². The van der Waals surface area contributed by atoms with E-state index >= 15 is 0 Å². The zero-order valence-corrected chi connectivity index (χ0v) is 20.3. The summed E-state index contributed by atoms with van der Waals surface area (Å²) in [7, 11) is -1.97. The van der Waals surface area contributed by atoms with Crippen LogP contribution in [0.1, 0.15) is 52.4 Å². The van der Waals surface area contributed by atoms with E-state index in [-0.39, 0.29) is 42.4 Å². The van der Waals surface area contributed by atoms with Gasteiger partial charge in [0.05, 0.1) is 31.5 Å². The highest BCUT2D eigenvalue weighted by molar-refractivity contribution is 6.74. The van der Waals surface area contributed by atoms with Crippen molar-refractivity contribution in [1.82, 2.24) is 0 Å². The molecular weight excluding hydrogens is 396 g/mol. The molecule has 0 radical (unpaired) electrons. The van der Waals surface area contributed by atoms with Crippen LogP contribution in [-0.4, -0.2) is 51.1 Å². The molecule has 0 unspecified atom stereocenters. The van der Waals surface area contributed by atoms with Crippen LogP contribution in [0.5, 0.6) is 0 Å². The molecule has 5 nitrogen and oxygen atoms in total. The Kier molecular flexibility index (Phi) is 7.59. The second-order valence-corrected chi connectivity index (χ2v) is 14.8. The first kappa shape index (κ1) is 23.6. The van der Waals surface area contributed by atoms with Gasteiger partial charge < -0.3 is 23.7 Å². The van der Waals surface area contributed by atoms with Crippen LogP contribution in [0.3, 0.4) is 0 Å². The molecular formula is C24H38O5Si. The zero-order chi connectivity index (χ0) is 21.9. The monoisotopic (exact) mass is 434 g/mol. The van der Waals surface area contributed by atoms with Crippen molar-refractivity contribution in [3.8, 4) is 0 Å². The third kappa shape index (κ3) is 5.61. The van der Waals surface area contributed by atoms with E-state index in [1.54, 1.807) is 0 Å². The molecule has 5 atom stereocenters. The Bertz CT molecular complexity index is 712. The highest BCUT2D eigenvalue weighted by Gasteiger charge is 2.47. The molecule has 6 heteroatoms. The van der Waals surface area contributed by atoms with Crippen LogP contribution in [0.2, 0.25) is 18.1 Å². The standard InChI is InChI=1S/C24H38O5Si/c1-17(15-25)12-13-19-21(29-30(5,6)24(2,3)4)14-20-22(27-19)16-26-23(28-20)18-10-8-7-9-11-18/h7-12,19-23,25H,13-16H2,1-6H3/b17-12+/t19-,20-,21+,22+,23+/m0/s1. The number of ether oxygens (including phenoxy) is 3. The molecule has 0 saturated carbocycles. The van der Waals surface area contributed by atoms with E-state index in [0.717, 1.165) is 24.0 Å².